The van der Waals surface area contributed by atoms with Gasteiger partial charge < -0.3 is 10.1 Å². The van der Waals surface area contributed by atoms with Crippen LogP contribution in [0, 0.1) is 0 Å². The minimum Gasteiger partial charge on any atom is -0.497 e. The number of anilines is 1. The Balaban J connectivity index is 1.80. The molecule has 2 heterocycles. The average molecular weight is 327 g/mol. The highest BCUT2D eigenvalue weighted by Crippen LogP contribution is 2.40. The average Bonchev–Trinajstić information content (AvgIpc) is 3.07. The number of para-hydroxylation sites is 3. The van der Waals surface area contributed by atoms with Crippen molar-refractivity contribution in [3.05, 3.63) is 78.4 Å². The molecule has 0 spiro atoms. The number of benzene rings is 3. The summed E-state index contributed by atoms with van der Waals surface area (Å²) >= 11 is 0. The first-order valence-electron chi connectivity index (χ1n) is 8.32. The Bertz CT molecular complexity index is 1080. The number of ether oxygens (including phenoxy) is 1. The van der Waals surface area contributed by atoms with Crippen LogP contribution in [0.1, 0.15) is 11.7 Å². The molecule has 4 heteroatoms. The van der Waals surface area contributed by atoms with Crippen molar-refractivity contribution in [2.45, 2.75) is 6.17 Å². The van der Waals surface area contributed by atoms with Gasteiger partial charge in [0.2, 0.25) is 0 Å². The molecule has 122 valence electrons. The quantitative estimate of drug-likeness (QED) is 0.581. The topological polar surface area (TPSA) is 39.1 Å². The van der Waals surface area contributed by atoms with Gasteiger partial charge in [0.15, 0.2) is 0 Å². The largest absolute Gasteiger partial charge is 0.497 e. The Morgan fingerprint density at radius 2 is 1.80 bits per heavy atom. The van der Waals surface area contributed by atoms with Gasteiger partial charge in [-0.25, -0.2) is 4.98 Å². The molecule has 0 radical (unpaired) electrons. The summed E-state index contributed by atoms with van der Waals surface area (Å²) in [4.78, 5) is 4.90. The molecule has 4 nitrogen and oxygen atoms in total. The highest BCUT2D eigenvalue weighted by Gasteiger charge is 2.28. The Kier molecular flexibility index (Phi) is 3.04. The minimum absolute atomic E-state index is 0.0348. The predicted octanol–water partition coefficient (Wildman–Crippen LogP) is 4.68. The van der Waals surface area contributed by atoms with E-state index in [2.05, 4.69) is 58.4 Å². The minimum atomic E-state index is -0.0348. The van der Waals surface area contributed by atoms with E-state index in [0.717, 1.165) is 39.4 Å². The fourth-order valence-corrected chi connectivity index (χ4v) is 3.56. The molecule has 0 bridgehead atoms. The fourth-order valence-electron chi connectivity index (χ4n) is 3.56. The van der Waals surface area contributed by atoms with E-state index in [4.69, 9.17) is 9.72 Å². The lowest BCUT2D eigenvalue weighted by Crippen LogP contribution is -2.24. The highest BCUT2D eigenvalue weighted by atomic mass is 16.5. The van der Waals surface area contributed by atoms with Crippen LogP contribution in [0.2, 0.25) is 0 Å². The molecule has 0 amide bonds. The second kappa shape index (κ2) is 5.38. The van der Waals surface area contributed by atoms with Gasteiger partial charge in [0.1, 0.15) is 17.7 Å². The second-order valence-corrected chi connectivity index (χ2v) is 6.16. The maximum absolute atomic E-state index is 5.42. The third kappa shape index (κ3) is 2.11. The van der Waals surface area contributed by atoms with E-state index in [1.807, 2.05) is 24.3 Å². The van der Waals surface area contributed by atoms with Gasteiger partial charge in [0.05, 0.1) is 18.1 Å². The Morgan fingerprint density at radius 1 is 0.960 bits per heavy atom. The van der Waals surface area contributed by atoms with Crippen molar-refractivity contribution in [1.29, 1.82) is 0 Å². The van der Waals surface area contributed by atoms with Gasteiger partial charge >= 0.3 is 0 Å². The zero-order valence-corrected chi connectivity index (χ0v) is 13.8. The standard InChI is InChI=1S/C21H17N3O/c1-25-15-8-6-7-14(13-15)20-22-17-10-3-2-9-16(17)21-23-18-11-4-5-12-19(18)24(20)21/h2-13,20,22H,1H3/t20-/m1/s1. The summed E-state index contributed by atoms with van der Waals surface area (Å²) in [5, 5.41) is 3.67. The third-order valence-corrected chi connectivity index (χ3v) is 4.72. The predicted molar refractivity (Wildman–Crippen MR) is 99.9 cm³/mol. The first-order chi connectivity index (χ1) is 12.3. The van der Waals surface area contributed by atoms with Crippen molar-refractivity contribution in [3.63, 3.8) is 0 Å². The lowest BCUT2D eigenvalue weighted by atomic mass is 10.1. The van der Waals surface area contributed by atoms with Crippen molar-refractivity contribution in [2.75, 3.05) is 12.4 Å². The van der Waals surface area contributed by atoms with E-state index in [9.17, 15) is 0 Å². The van der Waals surface area contributed by atoms with E-state index >= 15 is 0 Å². The van der Waals surface area contributed by atoms with Gasteiger partial charge in [0, 0.05) is 11.3 Å². The van der Waals surface area contributed by atoms with Crippen LogP contribution in [-0.4, -0.2) is 16.7 Å². The first kappa shape index (κ1) is 14.1. The number of rotatable bonds is 2. The number of methoxy groups -OCH3 is 1. The zero-order chi connectivity index (χ0) is 16.8. The van der Waals surface area contributed by atoms with Gasteiger partial charge in [-0.3, -0.25) is 4.57 Å². The van der Waals surface area contributed by atoms with Gasteiger partial charge in [0.25, 0.3) is 0 Å². The molecule has 1 atom stereocenters. The highest BCUT2D eigenvalue weighted by molar-refractivity contribution is 5.86. The van der Waals surface area contributed by atoms with Crippen molar-refractivity contribution in [2.24, 2.45) is 0 Å². The number of fused-ring (bicyclic) bond motifs is 5. The summed E-state index contributed by atoms with van der Waals surface area (Å²) in [5.41, 5.74) is 5.48. The van der Waals surface area contributed by atoms with Crippen molar-refractivity contribution < 1.29 is 4.74 Å². The van der Waals surface area contributed by atoms with Crippen LogP contribution in [0.3, 0.4) is 0 Å². The van der Waals surface area contributed by atoms with E-state index in [1.54, 1.807) is 7.11 Å². The third-order valence-electron chi connectivity index (χ3n) is 4.72. The molecule has 4 aromatic rings. The fraction of sp³-hybridized carbons (Fsp3) is 0.0952. The summed E-state index contributed by atoms with van der Waals surface area (Å²) in [6, 6.07) is 24.8. The summed E-state index contributed by atoms with van der Waals surface area (Å²) in [6.45, 7) is 0. The SMILES string of the molecule is COc1cccc([C@@H]2Nc3ccccc3-c3nc4ccccc4n32)c1. The van der Waals surface area contributed by atoms with Crippen LogP contribution in [-0.2, 0) is 0 Å². The molecule has 1 aliphatic heterocycles. The van der Waals surface area contributed by atoms with Gasteiger partial charge in [-0.05, 0) is 42.0 Å². The molecule has 25 heavy (non-hydrogen) atoms. The van der Waals surface area contributed by atoms with Crippen LogP contribution in [0.25, 0.3) is 22.4 Å². The smallest absolute Gasteiger partial charge is 0.145 e. The van der Waals surface area contributed by atoms with E-state index in [0.29, 0.717) is 0 Å². The summed E-state index contributed by atoms with van der Waals surface area (Å²) < 4.78 is 7.69. The van der Waals surface area contributed by atoms with Crippen LogP contribution >= 0.6 is 0 Å². The molecule has 0 saturated heterocycles. The van der Waals surface area contributed by atoms with Gasteiger partial charge in [-0.1, -0.05) is 36.4 Å². The van der Waals surface area contributed by atoms with Gasteiger partial charge in [-0.15, -0.1) is 0 Å². The normalized spacial score (nSPS) is 15.3. The Morgan fingerprint density at radius 3 is 2.72 bits per heavy atom. The molecule has 3 aromatic carbocycles. The number of nitrogens with one attached hydrogen (secondary N) is 1. The lowest BCUT2D eigenvalue weighted by Gasteiger charge is -2.30. The lowest BCUT2D eigenvalue weighted by molar-refractivity contribution is 0.413. The first-order valence-corrected chi connectivity index (χ1v) is 8.32. The second-order valence-electron chi connectivity index (χ2n) is 6.16. The Hall–Kier alpha value is -3.27. The number of imidazole rings is 1. The molecular weight excluding hydrogens is 310 g/mol. The molecule has 0 saturated carbocycles. The van der Waals surface area contributed by atoms with E-state index in [1.165, 1.54) is 0 Å². The van der Waals surface area contributed by atoms with Crippen LogP contribution in [0.5, 0.6) is 5.75 Å². The van der Waals surface area contributed by atoms with Crippen LogP contribution < -0.4 is 10.1 Å². The molecule has 1 aromatic heterocycles. The molecule has 1 aliphatic rings. The molecule has 0 unspecified atom stereocenters. The molecule has 1 N–H and O–H groups in total. The number of nitrogens with zero attached hydrogens (tertiary/aromatic N) is 2. The molecule has 5 rings (SSSR count). The number of hydrogen-bond acceptors (Lipinski definition) is 3. The van der Waals surface area contributed by atoms with Crippen LogP contribution in [0.15, 0.2) is 72.8 Å². The molecule has 0 aliphatic carbocycles. The number of hydrogen-bond donors (Lipinski definition) is 1. The van der Waals surface area contributed by atoms with Crippen molar-refractivity contribution >= 4 is 16.7 Å². The van der Waals surface area contributed by atoms with Crippen molar-refractivity contribution in [1.82, 2.24) is 9.55 Å². The molecular formula is C21H17N3O. The van der Waals surface area contributed by atoms with Crippen LogP contribution in [0.4, 0.5) is 5.69 Å². The van der Waals surface area contributed by atoms with Gasteiger partial charge in [-0.2, -0.15) is 0 Å². The summed E-state index contributed by atoms with van der Waals surface area (Å²) in [6.07, 6.45) is -0.0348. The molecule has 0 fully saturated rings. The van der Waals surface area contributed by atoms with Crippen molar-refractivity contribution in [3.8, 4) is 17.1 Å². The summed E-state index contributed by atoms with van der Waals surface area (Å²) in [7, 11) is 1.70. The summed E-state index contributed by atoms with van der Waals surface area (Å²) in [5.74, 6) is 1.84. The number of aromatic nitrogens is 2. The maximum Gasteiger partial charge on any atom is 0.145 e. The monoisotopic (exact) mass is 327 g/mol. The zero-order valence-electron chi connectivity index (χ0n) is 13.8. The maximum atomic E-state index is 5.42. The van der Waals surface area contributed by atoms with E-state index in [-0.39, 0.29) is 6.17 Å². The van der Waals surface area contributed by atoms with E-state index < -0.39 is 0 Å². The Labute approximate surface area is 145 Å².